The number of thioether (sulfide) groups is 1. The molecule has 3 aromatic rings. The van der Waals surface area contributed by atoms with E-state index in [1.165, 1.54) is 11.8 Å². The molecule has 1 N–H and O–H groups in total. The summed E-state index contributed by atoms with van der Waals surface area (Å²) in [6, 6.07) is 8.65. The zero-order valence-electron chi connectivity index (χ0n) is 16.7. The normalized spacial score (nSPS) is 22.3. The molecule has 1 aliphatic carbocycles. The summed E-state index contributed by atoms with van der Waals surface area (Å²) in [5.74, 6) is 1.39. The average molecular weight is 412 g/mol. The van der Waals surface area contributed by atoms with E-state index in [1.807, 2.05) is 37.1 Å². The Labute approximate surface area is 173 Å². The first-order chi connectivity index (χ1) is 14.1. The molecule has 1 aromatic carbocycles. The molecule has 1 amide bonds. The number of carbonyl (C=O) groups is 1. The Balaban J connectivity index is 1.37. The highest BCUT2D eigenvalue weighted by atomic mass is 32.2. The molecule has 0 radical (unpaired) electrons. The maximum Gasteiger partial charge on any atom is 0.233 e. The number of aromatic amines is 1. The Morgan fingerprint density at radius 2 is 1.97 bits per heavy atom. The molecule has 29 heavy (non-hydrogen) atoms. The molecule has 8 heteroatoms. The van der Waals surface area contributed by atoms with Crippen molar-refractivity contribution in [3.8, 4) is 11.4 Å². The molecule has 1 saturated heterocycles. The fourth-order valence-corrected chi connectivity index (χ4v) is 4.98. The topological polar surface area (TPSA) is 76.0 Å². The summed E-state index contributed by atoms with van der Waals surface area (Å²) in [4.78, 5) is 18.0. The van der Waals surface area contributed by atoms with Crippen molar-refractivity contribution in [1.29, 1.82) is 0 Å². The Hall–Kier alpha value is -2.32. The van der Waals surface area contributed by atoms with E-state index in [-0.39, 0.29) is 18.1 Å². The number of amides is 1. The molecule has 2 aromatic heterocycles. The van der Waals surface area contributed by atoms with Gasteiger partial charge in [0.25, 0.3) is 0 Å². The maximum absolute atomic E-state index is 12.8. The maximum atomic E-state index is 12.8. The number of ether oxygens (including phenoxy) is 1. The minimum absolute atomic E-state index is 0.0799. The number of morpholine rings is 1. The van der Waals surface area contributed by atoms with Crippen molar-refractivity contribution >= 4 is 28.6 Å². The van der Waals surface area contributed by atoms with E-state index >= 15 is 0 Å². The summed E-state index contributed by atoms with van der Waals surface area (Å²) in [5.41, 5.74) is 2.15. The van der Waals surface area contributed by atoms with E-state index in [1.54, 1.807) is 0 Å². The third kappa shape index (κ3) is 3.67. The van der Waals surface area contributed by atoms with E-state index in [9.17, 15) is 4.79 Å². The lowest BCUT2D eigenvalue weighted by atomic mass is 10.1. The molecule has 1 saturated carbocycles. The van der Waals surface area contributed by atoms with Crippen LogP contribution in [0, 0.1) is 0 Å². The number of nitrogens with zero attached hydrogens (tertiary/aromatic N) is 4. The van der Waals surface area contributed by atoms with Crippen LogP contribution in [0.25, 0.3) is 22.3 Å². The quantitative estimate of drug-likeness (QED) is 0.651. The minimum Gasteiger partial charge on any atom is -0.372 e. The van der Waals surface area contributed by atoms with Crippen LogP contribution in [-0.4, -0.2) is 61.6 Å². The number of hydrogen-bond acceptors (Lipinski definition) is 5. The standard InChI is InChI=1S/C21H25N5O2S/c1-13-10-25(11-14(2)28-13)19(27)12-29-21-24-23-20(26(21)15-7-8-15)17-9-22-18-6-4-3-5-16(17)18/h3-6,9,13-15,22H,7-8,10-12H2,1-2H3/t13-,14+. The molecule has 7 nitrogen and oxygen atoms in total. The van der Waals surface area contributed by atoms with Crippen molar-refractivity contribution in [2.45, 2.75) is 50.1 Å². The number of rotatable bonds is 5. The predicted octanol–water partition coefficient (Wildman–Crippen LogP) is 3.49. The third-order valence-corrected chi connectivity index (χ3v) is 6.43. The van der Waals surface area contributed by atoms with Crippen LogP contribution in [0.2, 0.25) is 0 Å². The fraction of sp³-hybridized carbons (Fsp3) is 0.476. The summed E-state index contributed by atoms with van der Waals surface area (Å²) in [7, 11) is 0. The van der Waals surface area contributed by atoms with E-state index in [0.29, 0.717) is 24.9 Å². The molecule has 0 bridgehead atoms. The zero-order chi connectivity index (χ0) is 20.0. The van der Waals surface area contributed by atoms with E-state index in [0.717, 1.165) is 40.3 Å². The van der Waals surface area contributed by atoms with Gasteiger partial charge in [-0.1, -0.05) is 30.0 Å². The van der Waals surface area contributed by atoms with Crippen LogP contribution >= 0.6 is 11.8 Å². The number of H-pyrrole nitrogens is 1. The second-order valence-corrected chi connectivity index (χ2v) is 8.94. The molecule has 0 spiro atoms. The summed E-state index contributed by atoms with van der Waals surface area (Å²) in [6.07, 6.45) is 4.43. The summed E-state index contributed by atoms with van der Waals surface area (Å²) < 4.78 is 7.96. The van der Waals surface area contributed by atoms with Crippen LogP contribution in [-0.2, 0) is 9.53 Å². The Bertz CT molecular complexity index is 1030. The van der Waals surface area contributed by atoms with E-state index in [2.05, 4.69) is 31.9 Å². The van der Waals surface area contributed by atoms with Crippen LogP contribution in [0.4, 0.5) is 0 Å². The van der Waals surface area contributed by atoms with Crippen LogP contribution in [0.3, 0.4) is 0 Å². The number of hydrogen-bond donors (Lipinski definition) is 1. The number of benzene rings is 1. The first kappa shape index (κ1) is 18.7. The molecular weight excluding hydrogens is 386 g/mol. The van der Waals surface area contributed by atoms with Gasteiger partial charge in [0, 0.05) is 41.8 Å². The molecule has 2 atom stereocenters. The highest BCUT2D eigenvalue weighted by Gasteiger charge is 2.32. The molecule has 2 aliphatic rings. The highest BCUT2D eigenvalue weighted by molar-refractivity contribution is 7.99. The van der Waals surface area contributed by atoms with Crippen molar-refractivity contribution in [1.82, 2.24) is 24.6 Å². The Kier molecular flexibility index (Phi) is 4.83. The van der Waals surface area contributed by atoms with Gasteiger partial charge in [0.1, 0.15) is 0 Å². The van der Waals surface area contributed by atoms with Gasteiger partial charge in [-0.2, -0.15) is 0 Å². The van der Waals surface area contributed by atoms with Crippen molar-refractivity contribution in [3.05, 3.63) is 30.5 Å². The molecular formula is C21H25N5O2S. The number of carbonyl (C=O) groups excluding carboxylic acids is 1. The lowest BCUT2D eigenvalue weighted by Crippen LogP contribution is -2.48. The molecule has 3 heterocycles. The van der Waals surface area contributed by atoms with Crippen LogP contribution in [0.1, 0.15) is 32.7 Å². The lowest BCUT2D eigenvalue weighted by molar-refractivity contribution is -0.140. The molecule has 0 unspecified atom stereocenters. The van der Waals surface area contributed by atoms with Gasteiger partial charge in [-0.05, 0) is 32.8 Å². The first-order valence-corrected chi connectivity index (χ1v) is 11.2. The van der Waals surface area contributed by atoms with Crippen LogP contribution in [0.5, 0.6) is 0 Å². The monoisotopic (exact) mass is 411 g/mol. The first-order valence-electron chi connectivity index (χ1n) is 10.2. The molecule has 152 valence electrons. The van der Waals surface area contributed by atoms with Gasteiger partial charge in [-0.3, -0.25) is 9.36 Å². The van der Waals surface area contributed by atoms with E-state index in [4.69, 9.17) is 4.74 Å². The fourth-order valence-electron chi connectivity index (χ4n) is 4.08. The van der Waals surface area contributed by atoms with Gasteiger partial charge < -0.3 is 14.6 Å². The minimum atomic E-state index is 0.0799. The van der Waals surface area contributed by atoms with E-state index < -0.39 is 0 Å². The second-order valence-electron chi connectivity index (χ2n) is 8.00. The number of nitrogens with one attached hydrogen (secondary N) is 1. The number of aromatic nitrogens is 4. The Morgan fingerprint density at radius 3 is 2.72 bits per heavy atom. The van der Waals surface area contributed by atoms with Gasteiger partial charge in [-0.15, -0.1) is 10.2 Å². The number of fused-ring (bicyclic) bond motifs is 1. The largest absolute Gasteiger partial charge is 0.372 e. The third-order valence-electron chi connectivity index (χ3n) is 5.50. The van der Waals surface area contributed by atoms with Gasteiger partial charge in [0.05, 0.1) is 18.0 Å². The average Bonchev–Trinajstić information content (AvgIpc) is 3.31. The summed E-state index contributed by atoms with van der Waals surface area (Å²) in [5, 5.41) is 10.9. The predicted molar refractivity (Wildman–Crippen MR) is 113 cm³/mol. The van der Waals surface area contributed by atoms with Crippen LogP contribution < -0.4 is 0 Å². The van der Waals surface area contributed by atoms with Gasteiger partial charge in [-0.25, -0.2) is 0 Å². The molecule has 2 fully saturated rings. The van der Waals surface area contributed by atoms with Crippen LogP contribution in [0.15, 0.2) is 35.6 Å². The molecule has 5 rings (SSSR count). The smallest absolute Gasteiger partial charge is 0.233 e. The zero-order valence-corrected chi connectivity index (χ0v) is 17.5. The van der Waals surface area contributed by atoms with Gasteiger partial charge >= 0.3 is 0 Å². The summed E-state index contributed by atoms with van der Waals surface area (Å²) >= 11 is 1.49. The lowest BCUT2D eigenvalue weighted by Gasteiger charge is -2.35. The molecule has 1 aliphatic heterocycles. The number of para-hydroxylation sites is 1. The highest BCUT2D eigenvalue weighted by Crippen LogP contribution is 2.42. The van der Waals surface area contributed by atoms with Crippen molar-refractivity contribution in [2.75, 3.05) is 18.8 Å². The van der Waals surface area contributed by atoms with Crippen molar-refractivity contribution in [3.63, 3.8) is 0 Å². The van der Waals surface area contributed by atoms with Crippen molar-refractivity contribution in [2.24, 2.45) is 0 Å². The Morgan fingerprint density at radius 1 is 1.21 bits per heavy atom. The second kappa shape index (κ2) is 7.50. The SMILES string of the molecule is C[C@@H]1CN(C(=O)CSc2nnc(-c3c[nH]c4ccccc34)n2C2CC2)C[C@H](C)O1. The summed E-state index contributed by atoms with van der Waals surface area (Å²) in [6.45, 7) is 5.33. The van der Waals surface area contributed by atoms with Crippen molar-refractivity contribution < 1.29 is 9.53 Å². The van der Waals surface area contributed by atoms with Gasteiger partial charge in [0.15, 0.2) is 11.0 Å². The van der Waals surface area contributed by atoms with Gasteiger partial charge in [0.2, 0.25) is 5.91 Å².